The number of carbonyl (C=O) groups excluding carboxylic acids is 1. The fraction of sp³-hybridized carbons (Fsp3) is 0.100. The molecule has 1 aromatic heterocycles. The summed E-state index contributed by atoms with van der Waals surface area (Å²) in [7, 11) is 0. The first-order valence-corrected chi connectivity index (χ1v) is 4.95. The maximum Gasteiger partial charge on any atom is 0.151 e. The molecule has 2 aromatic rings. The molecule has 72 valence electrons. The van der Waals surface area contributed by atoms with Crippen molar-refractivity contribution in [3.63, 3.8) is 0 Å². The van der Waals surface area contributed by atoms with Crippen LogP contribution in [0.1, 0.15) is 15.9 Å². The smallest absolute Gasteiger partial charge is 0.151 e. The highest BCUT2D eigenvalue weighted by molar-refractivity contribution is 7.23. The minimum Gasteiger partial charge on any atom is -0.392 e. The number of thiophene rings is 1. The predicted molar refractivity (Wildman–Crippen MR) is 57.5 cm³/mol. The van der Waals surface area contributed by atoms with Gasteiger partial charge >= 0.3 is 0 Å². The average Bonchev–Trinajstić information content (AvgIpc) is 2.57. The molecule has 1 aromatic carbocycles. The molecule has 3 nitrogen and oxygen atoms in total. The van der Waals surface area contributed by atoms with Crippen molar-refractivity contribution in [1.29, 1.82) is 0 Å². The van der Waals surface area contributed by atoms with Crippen molar-refractivity contribution in [2.75, 3.05) is 5.73 Å². The highest BCUT2D eigenvalue weighted by Gasteiger charge is 2.08. The van der Waals surface area contributed by atoms with Gasteiger partial charge in [-0.25, -0.2) is 0 Å². The molecule has 0 aliphatic rings. The summed E-state index contributed by atoms with van der Waals surface area (Å²) in [5, 5.41) is 10.6. The van der Waals surface area contributed by atoms with Gasteiger partial charge in [-0.3, -0.25) is 4.79 Å². The number of nitrogen functional groups attached to an aromatic ring is 1. The molecule has 0 radical (unpaired) electrons. The van der Waals surface area contributed by atoms with Gasteiger partial charge in [-0.05, 0) is 17.7 Å². The number of aliphatic hydroxyl groups excluding tert-OH is 1. The van der Waals surface area contributed by atoms with E-state index in [1.807, 2.05) is 0 Å². The summed E-state index contributed by atoms with van der Waals surface area (Å²) in [6.07, 6.45) is 0.805. The van der Waals surface area contributed by atoms with Crippen molar-refractivity contribution in [2.24, 2.45) is 0 Å². The molecular formula is C10H9NO2S. The van der Waals surface area contributed by atoms with Crippen molar-refractivity contribution in [2.45, 2.75) is 6.61 Å². The van der Waals surface area contributed by atoms with E-state index in [0.29, 0.717) is 10.6 Å². The second-order valence-corrected chi connectivity index (χ2v) is 4.07. The summed E-state index contributed by atoms with van der Waals surface area (Å²) >= 11 is 1.37. The standard InChI is InChI=1S/C10H9NO2S/c11-9-3-8-6(4-12)1-2-7(5-13)10(8)14-9/h1-3,5,12H,4,11H2. The zero-order valence-electron chi connectivity index (χ0n) is 7.36. The summed E-state index contributed by atoms with van der Waals surface area (Å²) in [5.74, 6) is 0. The first-order valence-electron chi connectivity index (χ1n) is 4.13. The van der Waals surface area contributed by atoms with E-state index in [0.717, 1.165) is 21.9 Å². The van der Waals surface area contributed by atoms with E-state index in [1.165, 1.54) is 11.3 Å². The number of hydrogen-bond acceptors (Lipinski definition) is 4. The van der Waals surface area contributed by atoms with Crippen LogP contribution in [0.2, 0.25) is 0 Å². The molecule has 0 fully saturated rings. The quantitative estimate of drug-likeness (QED) is 0.738. The third kappa shape index (κ3) is 1.29. The molecule has 3 N–H and O–H groups in total. The molecule has 0 aliphatic heterocycles. The Morgan fingerprint density at radius 1 is 1.50 bits per heavy atom. The van der Waals surface area contributed by atoms with Crippen LogP contribution in [0.25, 0.3) is 10.1 Å². The molecule has 0 bridgehead atoms. The molecule has 2 rings (SSSR count). The molecule has 0 spiro atoms. The summed E-state index contributed by atoms with van der Waals surface area (Å²) < 4.78 is 0.851. The van der Waals surface area contributed by atoms with E-state index in [2.05, 4.69) is 0 Å². The zero-order valence-corrected chi connectivity index (χ0v) is 8.17. The van der Waals surface area contributed by atoms with E-state index in [4.69, 9.17) is 10.8 Å². The van der Waals surface area contributed by atoms with Crippen LogP contribution in [-0.2, 0) is 6.61 Å². The molecule has 1 heterocycles. The number of fused-ring (bicyclic) bond motifs is 1. The third-order valence-corrected chi connectivity index (χ3v) is 3.13. The molecule has 0 amide bonds. The van der Waals surface area contributed by atoms with Gasteiger partial charge in [0.05, 0.1) is 11.6 Å². The summed E-state index contributed by atoms with van der Waals surface area (Å²) in [5.41, 5.74) is 7.09. The Morgan fingerprint density at radius 2 is 2.29 bits per heavy atom. The maximum absolute atomic E-state index is 10.7. The molecule has 0 aliphatic carbocycles. The molecule has 0 saturated carbocycles. The van der Waals surface area contributed by atoms with Gasteiger partial charge in [-0.1, -0.05) is 6.07 Å². The number of carbonyl (C=O) groups is 1. The monoisotopic (exact) mass is 207 g/mol. The fourth-order valence-corrected chi connectivity index (χ4v) is 2.40. The van der Waals surface area contributed by atoms with Crippen LogP contribution in [0.5, 0.6) is 0 Å². The molecule has 0 saturated heterocycles. The van der Waals surface area contributed by atoms with Crippen molar-refractivity contribution >= 4 is 32.7 Å². The van der Waals surface area contributed by atoms with Gasteiger partial charge in [-0.2, -0.15) is 0 Å². The lowest BCUT2D eigenvalue weighted by Gasteiger charge is -1.99. The van der Waals surface area contributed by atoms with Crippen LogP contribution >= 0.6 is 11.3 Å². The van der Waals surface area contributed by atoms with E-state index in [-0.39, 0.29) is 6.61 Å². The minimum absolute atomic E-state index is 0.0359. The number of aliphatic hydroxyl groups is 1. The van der Waals surface area contributed by atoms with E-state index in [1.54, 1.807) is 18.2 Å². The van der Waals surface area contributed by atoms with Crippen LogP contribution in [0.4, 0.5) is 5.00 Å². The summed E-state index contributed by atoms with van der Waals surface area (Å²) in [4.78, 5) is 10.7. The van der Waals surface area contributed by atoms with Crippen LogP contribution < -0.4 is 5.73 Å². The minimum atomic E-state index is -0.0359. The zero-order chi connectivity index (χ0) is 10.1. The highest BCUT2D eigenvalue weighted by Crippen LogP contribution is 2.32. The van der Waals surface area contributed by atoms with Gasteiger partial charge in [0, 0.05) is 15.6 Å². The molecule has 0 unspecified atom stereocenters. The van der Waals surface area contributed by atoms with Crippen molar-refractivity contribution in [3.8, 4) is 0 Å². The van der Waals surface area contributed by atoms with E-state index in [9.17, 15) is 4.79 Å². The van der Waals surface area contributed by atoms with E-state index >= 15 is 0 Å². The molecule has 14 heavy (non-hydrogen) atoms. The number of aldehydes is 1. The van der Waals surface area contributed by atoms with Gasteiger partial charge in [0.25, 0.3) is 0 Å². The Bertz CT molecular complexity index is 490. The average molecular weight is 207 g/mol. The largest absolute Gasteiger partial charge is 0.392 e. The number of benzene rings is 1. The number of anilines is 1. The Balaban J connectivity index is 2.83. The Labute approximate surface area is 84.8 Å². The normalized spacial score (nSPS) is 10.6. The van der Waals surface area contributed by atoms with Gasteiger partial charge in [0.2, 0.25) is 0 Å². The molecule has 4 heteroatoms. The van der Waals surface area contributed by atoms with Gasteiger partial charge in [-0.15, -0.1) is 11.3 Å². The van der Waals surface area contributed by atoms with Gasteiger partial charge in [0.1, 0.15) is 0 Å². The fourth-order valence-electron chi connectivity index (χ4n) is 1.45. The van der Waals surface area contributed by atoms with Crippen LogP contribution in [0, 0.1) is 0 Å². The van der Waals surface area contributed by atoms with E-state index < -0.39 is 0 Å². The molecular weight excluding hydrogens is 198 g/mol. The van der Waals surface area contributed by atoms with Crippen molar-refractivity contribution < 1.29 is 9.90 Å². The SMILES string of the molecule is Nc1cc2c(CO)ccc(C=O)c2s1. The Hall–Kier alpha value is -1.39. The number of nitrogens with two attached hydrogens (primary N) is 1. The van der Waals surface area contributed by atoms with Crippen LogP contribution in [-0.4, -0.2) is 11.4 Å². The number of hydrogen-bond donors (Lipinski definition) is 2. The lowest BCUT2D eigenvalue weighted by atomic mass is 10.1. The van der Waals surface area contributed by atoms with Crippen molar-refractivity contribution in [3.05, 3.63) is 29.3 Å². The Kier molecular flexibility index (Phi) is 2.23. The Morgan fingerprint density at radius 3 is 2.93 bits per heavy atom. The van der Waals surface area contributed by atoms with Crippen molar-refractivity contribution in [1.82, 2.24) is 0 Å². The maximum atomic E-state index is 10.7. The second-order valence-electron chi connectivity index (χ2n) is 2.98. The summed E-state index contributed by atoms with van der Waals surface area (Å²) in [6.45, 7) is -0.0359. The van der Waals surface area contributed by atoms with Crippen LogP contribution in [0.15, 0.2) is 18.2 Å². The highest BCUT2D eigenvalue weighted by atomic mass is 32.1. The van der Waals surface area contributed by atoms with Gasteiger partial charge < -0.3 is 10.8 Å². The number of rotatable bonds is 2. The second kappa shape index (κ2) is 3.40. The lowest BCUT2D eigenvalue weighted by Crippen LogP contribution is -1.86. The lowest BCUT2D eigenvalue weighted by molar-refractivity contribution is 0.112. The summed E-state index contributed by atoms with van der Waals surface area (Å²) in [6, 6.07) is 5.24. The van der Waals surface area contributed by atoms with Gasteiger partial charge in [0.15, 0.2) is 6.29 Å². The first-order chi connectivity index (χ1) is 6.76. The predicted octanol–water partition coefficient (Wildman–Crippen LogP) is 1.79. The topological polar surface area (TPSA) is 63.3 Å². The first kappa shape index (κ1) is 9.18. The molecule has 0 atom stereocenters. The van der Waals surface area contributed by atoms with Crippen LogP contribution in [0.3, 0.4) is 0 Å². The third-order valence-electron chi connectivity index (χ3n) is 2.12.